The third-order valence-corrected chi connectivity index (χ3v) is 6.89. The van der Waals surface area contributed by atoms with Crippen molar-refractivity contribution >= 4 is 15.9 Å². The van der Waals surface area contributed by atoms with Crippen molar-refractivity contribution in [2.75, 3.05) is 39.4 Å². The maximum Gasteiger partial charge on any atom is 0.254 e. The Balaban J connectivity index is 1.88. The van der Waals surface area contributed by atoms with Crippen molar-refractivity contribution in [2.24, 2.45) is 5.92 Å². The van der Waals surface area contributed by atoms with Crippen LogP contribution in [-0.4, -0.2) is 62.9 Å². The molecule has 0 aliphatic carbocycles. The fraction of sp³-hybridized carbons (Fsp3) is 0.611. The molecule has 0 bridgehead atoms. The number of nitrogens with zero attached hydrogens (tertiary/aromatic N) is 2. The van der Waals surface area contributed by atoms with Crippen molar-refractivity contribution in [2.45, 2.75) is 31.6 Å². The molecule has 0 N–H and O–H groups in total. The number of amides is 1. The van der Waals surface area contributed by atoms with Crippen LogP contribution in [0.5, 0.6) is 0 Å². The van der Waals surface area contributed by atoms with Crippen LogP contribution in [-0.2, 0) is 14.8 Å². The molecule has 1 amide bonds. The quantitative estimate of drug-likeness (QED) is 0.819. The van der Waals surface area contributed by atoms with Gasteiger partial charge in [-0.25, -0.2) is 8.42 Å². The van der Waals surface area contributed by atoms with Gasteiger partial charge < -0.3 is 9.64 Å². The Labute approximate surface area is 149 Å². The summed E-state index contributed by atoms with van der Waals surface area (Å²) in [5.74, 6) is 0.418. The smallest absolute Gasteiger partial charge is 0.254 e. The van der Waals surface area contributed by atoms with Crippen LogP contribution >= 0.6 is 0 Å². The minimum atomic E-state index is -3.59. The third kappa shape index (κ3) is 3.88. The number of likely N-dealkylation sites (tertiary alicyclic amines) is 1. The second kappa shape index (κ2) is 7.43. The van der Waals surface area contributed by atoms with Gasteiger partial charge in [0.05, 0.1) is 18.1 Å². The van der Waals surface area contributed by atoms with Crippen LogP contribution in [0.2, 0.25) is 0 Å². The molecule has 0 radical (unpaired) electrons. The number of sulfonamides is 1. The van der Waals surface area contributed by atoms with E-state index >= 15 is 0 Å². The predicted molar refractivity (Wildman–Crippen MR) is 95.1 cm³/mol. The largest absolute Gasteiger partial charge is 0.379 e. The highest BCUT2D eigenvalue weighted by molar-refractivity contribution is 7.89. The lowest BCUT2D eigenvalue weighted by atomic mass is 9.99. The second-order valence-corrected chi connectivity index (χ2v) is 8.93. The van der Waals surface area contributed by atoms with E-state index in [2.05, 4.69) is 6.92 Å². The monoisotopic (exact) mass is 366 g/mol. The summed E-state index contributed by atoms with van der Waals surface area (Å²) < 4.78 is 32.4. The molecule has 0 spiro atoms. The van der Waals surface area contributed by atoms with Crippen molar-refractivity contribution in [3.8, 4) is 0 Å². The molecule has 2 heterocycles. The van der Waals surface area contributed by atoms with E-state index in [0.717, 1.165) is 31.5 Å². The summed E-state index contributed by atoms with van der Waals surface area (Å²) in [6.45, 7) is 6.98. The molecule has 1 aromatic rings. The Morgan fingerprint density at radius 3 is 2.60 bits per heavy atom. The van der Waals surface area contributed by atoms with Crippen LogP contribution in [0.3, 0.4) is 0 Å². The zero-order valence-electron chi connectivity index (χ0n) is 14.9. The molecule has 7 heteroatoms. The molecule has 1 atom stereocenters. The SMILES string of the molecule is Cc1ccc(S(=O)(=O)N2CCOCC2)cc1C(=O)N1CCC[C@@H](C)C1. The van der Waals surface area contributed by atoms with Crippen LogP contribution in [0.4, 0.5) is 0 Å². The number of hydrogen-bond donors (Lipinski definition) is 0. The maximum absolute atomic E-state index is 12.9. The molecule has 6 nitrogen and oxygen atoms in total. The molecule has 2 fully saturated rings. The number of morpholine rings is 1. The summed E-state index contributed by atoms with van der Waals surface area (Å²) in [6, 6.07) is 4.87. The van der Waals surface area contributed by atoms with Crippen LogP contribution in [0.1, 0.15) is 35.7 Å². The average Bonchev–Trinajstić information content (AvgIpc) is 2.62. The number of piperidine rings is 1. The lowest BCUT2D eigenvalue weighted by molar-refractivity contribution is 0.0681. The molecule has 2 aliphatic heterocycles. The van der Waals surface area contributed by atoms with Crippen LogP contribution < -0.4 is 0 Å². The van der Waals surface area contributed by atoms with E-state index < -0.39 is 10.0 Å². The summed E-state index contributed by atoms with van der Waals surface area (Å²) in [6.07, 6.45) is 2.13. The van der Waals surface area contributed by atoms with Gasteiger partial charge in [0.1, 0.15) is 0 Å². The van der Waals surface area contributed by atoms with E-state index in [4.69, 9.17) is 4.74 Å². The molecule has 1 aromatic carbocycles. The van der Waals surface area contributed by atoms with Crippen molar-refractivity contribution < 1.29 is 17.9 Å². The molecule has 138 valence electrons. The first kappa shape index (κ1) is 18.4. The normalized spacial score (nSPS) is 22.8. The maximum atomic E-state index is 12.9. The molecular formula is C18H26N2O4S. The zero-order valence-corrected chi connectivity index (χ0v) is 15.7. The third-order valence-electron chi connectivity index (χ3n) is 4.99. The van der Waals surface area contributed by atoms with Gasteiger partial charge in [0.25, 0.3) is 5.91 Å². The van der Waals surface area contributed by atoms with Crippen LogP contribution in [0, 0.1) is 12.8 Å². The van der Waals surface area contributed by atoms with Crippen molar-refractivity contribution in [1.29, 1.82) is 0 Å². The first-order chi connectivity index (χ1) is 11.9. The Bertz CT molecular complexity index is 741. The van der Waals surface area contributed by atoms with E-state index in [1.165, 1.54) is 4.31 Å². The van der Waals surface area contributed by atoms with Gasteiger partial charge in [-0.3, -0.25) is 4.79 Å². The zero-order chi connectivity index (χ0) is 18.0. The molecule has 0 unspecified atom stereocenters. The topological polar surface area (TPSA) is 66.9 Å². The summed E-state index contributed by atoms with van der Waals surface area (Å²) in [4.78, 5) is 15.0. The Morgan fingerprint density at radius 1 is 1.20 bits per heavy atom. The molecule has 0 aromatic heterocycles. The minimum absolute atomic E-state index is 0.0666. The number of carbonyl (C=O) groups is 1. The minimum Gasteiger partial charge on any atom is -0.379 e. The summed E-state index contributed by atoms with van der Waals surface area (Å²) in [5.41, 5.74) is 1.30. The highest BCUT2D eigenvalue weighted by atomic mass is 32.2. The number of carbonyl (C=O) groups excluding carboxylic acids is 1. The van der Waals surface area contributed by atoms with Crippen LogP contribution in [0.25, 0.3) is 0 Å². The van der Waals surface area contributed by atoms with E-state index in [-0.39, 0.29) is 10.8 Å². The molecular weight excluding hydrogens is 340 g/mol. The van der Waals surface area contributed by atoms with Gasteiger partial charge in [-0.15, -0.1) is 0 Å². The highest BCUT2D eigenvalue weighted by Gasteiger charge is 2.29. The van der Waals surface area contributed by atoms with Gasteiger partial charge in [0, 0.05) is 31.7 Å². The van der Waals surface area contributed by atoms with Crippen molar-refractivity contribution in [3.05, 3.63) is 29.3 Å². The number of ether oxygens (including phenoxy) is 1. The van der Waals surface area contributed by atoms with E-state index in [0.29, 0.717) is 37.8 Å². The van der Waals surface area contributed by atoms with E-state index in [1.54, 1.807) is 18.2 Å². The van der Waals surface area contributed by atoms with Gasteiger partial charge in [0.15, 0.2) is 0 Å². The summed E-state index contributed by atoms with van der Waals surface area (Å²) >= 11 is 0. The number of rotatable bonds is 3. The Kier molecular flexibility index (Phi) is 5.46. The van der Waals surface area contributed by atoms with Gasteiger partial charge in [-0.1, -0.05) is 13.0 Å². The average molecular weight is 366 g/mol. The van der Waals surface area contributed by atoms with Gasteiger partial charge in [-0.05, 0) is 43.4 Å². The molecule has 2 aliphatic rings. The predicted octanol–water partition coefficient (Wildman–Crippen LogP) is 1.89. The van der Waals surface area contributed by atoms with Gasteiger partial charge >= 0.3 is 0 Å². The second-order valence-electron chi connectivity index (χ2n) is 6.99. The molecule has 25 heavy (non-hydrogen) atoms. The molecule has 2 saturated heterocycles. The fourth-order valence-corrected chi connectivity index (χ4v) is 4.91. The Hall–Kier alpha value is -1.44. The lowest BCUT2D eigenvalue weighted by Gasteiger charge is -2.31. The summed E-state index contributed by atoms with van der Waals surface area (Å²) in [5, 5.41) is 0. The number of hydrogen-bond acceptors (Lipinski definition) is 4. The number of benzene rings is 1. The first-order valence-corrected chi connectivity index (χ1v) is 10.3. The molecule has 0 saturated carbocycles. The van der Waals surface area contributed by atoms with Gasteiger partial charge in [0.2, 0.25) is 10.0 Å². The van der Waals surface area contributed by atoms with Gasteiger partial charge in [-0.2, -0.15) is 4.31 Å². The van der Waals surface area contributed by atoms with Crippen molar-refractivity contribution in [3.63, 3.8) is 0 Å². The van der Waals surface area contributed by atoms with E-state index in [9.17, 15) is 13.2 Å². The van der Waals surface area contributed by atoms with Crippen LogP contribution in [0.15, 0.2) is 23.1 Å². The van der Waals surface area contributed by atoms with E-state index in [1.807, 2.05) is 11.8 Å². The highest BCUT2D eigenvalue weighted by Crippen LogP contribution is 2.24. The lowest BCUT2D eigenvalue weighted by Crippen LogP contribution is -2.41. The Morgan fingerprint density at radius 2 is 1.92 bits per heavy atom. The summed E-state index contributed by atoms with van der Waals surface area (Å²) in [7, 11) is -3.59. The molecule has 3 rings (SSSR count). The fourth-order valence-electron chi connectivity index (χ4n) is 3.47. The first-order valence-electron chi connectivity index (χ1n) is 8.87. The standard InChI is InChI=1S/C18H26N2O4S/c1-14-4-3-7-19(13-14)18(21)17-12-16(6-5-15(17)2)25(22,23)20-8-10-24-11-9-20/h5-6,12,14H,3-4,7-11,13H2,1-2H3/t14-/m1/s1. The number of aryl methyl sites for hydroxylation is 1. The van der Waals surface area contributed by atoms with Crippen molar-refractivity contribution in [1.82, 2.24) is 9.21 Å².